The van der Waals surface area contributed by atoms with Crippen LogP contribution in [0.3, 0.4) is 0 Å². The van der Waals surface area contributed by atoms with Gasteiger partial charge in [-0.25, -0.2) is 0 Å². The van der Waals surface area contributed by atoms with Gasteiger partial charge in [0.05, 0.1) is 5.92 Å². The molecule has 2 heterocycles. The van der Waals surface area contributed by atoms with Crippen LogP contribution in [0.25, 0.3) is 0 Å². The first-order valence-corrected chi connectivity index (χ1v) is 6.20. The minimum Gasteiger partial charge on any atom is -0.317 e. The molecule has 1 atom stereocenters. The van der Waals surface area contributed by atoms with Crippen molar-refractivity contribution in [2.24, 2.45) is 5.92 Å². The number of alkyl halides is 3. The van der Waals surface area contributed by atoms with Gasteiger partial charge in [0.25, 0.3) is 0 Å². The van der Waals surface area contributed by atoms with Crippen molar-refractivity contribution in [1.82, 2.24) is 20.1 Å². The molecule has 1 unspecified atom stereocenters. The molecule has 1 aliphatic heterocycles. The van der Waals surface area contributed by atoms with Gasteiger partial charge in [0, 0.05) is 25.9 Å². The van der Waals surface area contributed by atoms with E-state index in [0.717, 1.165) is 6.54 Å². The number of aromatic nitrogens is 3. The fourth-order valence-corrected chi connectivity index (χ4v) is 2.21. The van der Waals surface area contributed by atoms with E-state index in [0.29, 0.717) is 31.0 Å². The SMILES string of the molecule is CCNCCc1nnc2n1CC(C(F)(F)F)CC2. The van der Waals surface area contributed by atoms with Gasteiger partial charge in [-0.15, -0.1) is 10.2 Å². The van der Waals surface area contributed by atoms with Crippen LogP contribution < -0.4 is 5.32 Å². The van der Waals surface area contributed by atoms with Crippen LogP contribution in [0.5, 0.6) is 0 Å². The zero-order valence-electron chi connectivity index (χ0n) is 10.3. The first-order chi connectivity index (χ1) is 8.52. The monoisotopic (exact) mass is 262 g/mol. The topological polar surface area (TPSA) is 42.7 Å². The zero-order valence-corrected chi connectivity index (χ0v) is 10.3. The number of hydrogen-bond acceptors (Lipinski definition) is 3. The maximum absolute atomic E-state index is 12.7. The summed E-state index contributed by atoms with van der Waals surface area (Å²) in [4.78, 5) is 0. The summed E-state index contributed by atoms with van der Waals surface area (Å²) in [6.45, 7) is 3.50. The number of nitrogens with zero attached hydrogens (tertiary/aromatic N) is 3. The van der Waals surface area contributed by atoms with Gasteiger partial charge < -0.3 is 9.88 Å². The molecule has 18 heavy (non-hydrogen) atoms. The second-order valence-corrected chi connectivity index (χ2v) is 4.52. The van der Waals surface area contributed by atoms with E-state index in [1.54, 1.807) is 4.57 Å². The van der Waals surface area contributed by atoms with E-state index in [-0.39, 0.29) is 13.0 Å². The van der Waals surface area contributed by atoms with E-state index in [1.807, 2.05) is 6.92 Å². The molecule has 0 saturated heterocycles. The summed E-state index contributed by atoms with van der Waals surface area (Å²) in [6, 6.07) is 0. The standard InChI is InChI=1S/C11H17F3N4/c1-2-15-6-5-10-17-16-9-4-3-8(7-18(9)10)11(12,13)14/h8,15H,2-7H2,1H3. The molecule has 1 aromatic heterocycles. The number of likely N-dealkylation sites (N-methyl/N-ethyl adjacent to an activating group) is 1. The average Bonchev–Trinajstić information content (AvgIpc) is 2.71. The Morgan fingerprint density at radius 2 is 2.17 bits per heavy atom. The lowest BCUT2D eigenvalue weighted by Crippen LogP contribution is -2.33. The maximum atomic E-state index is 12.7. The summed E-state index contributed by atoms with van der Waals surface area (Å²) in [5.41, 5.74) is 0. The molecule has 0 amide bonds. The van der Waals surface area contributed by atoms with Crippen molar-refractivity contribution in [3.63, 3.8) is 0 Å². The number of fused-ring (bicyclic) bond motifs is 1. The molecule has 2 rings (SSSR count). The number of rotatable bonds is 4. The molecular weight excluding hydrogens is 245 g/mol. The lowest BCUT2D eigenvalue weighted by Gasteiger charge is -2.26. The Morgan fingerprint density at radius 1 is 1.39 bits per heavy atom. The molecule has 0 spiro atoms. The lowest BCUT2D eigenvalue weighted by molar-refractivity contribution is -0.182. The number of aryl methyl sites for hydroxylation is 1. The first-order valence-electron chi connectivity index (χ1n) is 6.20. The van der Waals surface area contributed by atoms with E-state index in [9.17, 15) is 13.2 Å². The Morgan fingerprint density at radius 3 is 2.83 bits per heavy atom. The molecule has 0 bridgehead atoms. The lowest BCUT2D eigenvalue weighted by atomic mass is 9.99. The van der Waals surface area contributed by atoms with Gasteiger partial charge in [0.2, 0.25) is 0 Å². The predicted octanol–water partition coefficient (Wildman–Crippen LogP) is 1.55. The summed E-state index contributed by atoms with van der Waals surface area (Å²) in [5.74, 6) is 0.0702. The van der Waals surface area contributed by atoms with Gasteiger partial charge in [0.15, 0.2) is 0 Å². The van der Waals surface area contributed by atoms with Gasteiger partial charge in [0.1, 0.15) is 11.6 Å². The van der Waals surface area contributed by atoms with E-state index < -0.39 is 12.1 Å². The highest BCUT2D eigenvalue weighted by Crippen LogP contribution is 2.34. The fourth-order valence-electron chi connectivity index (χ4n) is 2.21. The smallest absolute Gasteiger partial charge is 0.317 e. The normalized spacial score (nSPS) is 19.9. The highest BCUT2D eigenvalue weighted by molar-refractivity contribution is 5.01. The van der Waals surface area contributed by atoms with Gasteiger partial charge in [-0.05, 0) is 13.0 Å². The fraction of sp³-hybridized carbons (Fsp3) is 0.818. The van der Waals surface area contributed by atoms with Crippen molar-refractivity contribution in [1.29, 1.82) is 0 Å². The molecule has 1 aliphatic rings. The Labute approximate surface area is 104 Å². The second-order valence-electron chi connectivity index (χ2n) is 4.52. The van der Waals surface area contributed by atoms with Crippen molar-refractivity contribution in [3.05, 3.63) is 11.6 Å². The summed E-state index contributed by atoms with van der Waals surface area (Å²) >= 11 is 0. The molecule has 4 nitrogen and oxygen atoms in total. The van der Waals surface area contributed by atoms with Crippen molar-refractivity contribution >= 4 is 0 Å². The van der Waals surface area contributed by atoms with Gasteiger partial charge in [-0.2, -0.15) is 13.2 Å². The van der Waals surface area contributed by atoms with Crippen LogP contribution in [-0.4, -0.2) is 34.0 Å². The third-order valence-electron chi connectivity index (χ3n) is 3.26. The number of halogens is 3. The highest BCUT2D eigenvalue weighted by atomic mass is 19.4. The Balaban J connectivity index is 2.07. The zero-order chi connectivity index (χ0) is 13.2. The minimum absolute atomic E-state index is 0.0344. The molecule has 1 N–H and O–H groups in total. The van der Waals surface area contributed by atoms with Gasteiger partial charge >= 0.3 is 6.18 Å². The van der Waals surface area contributed by atoms with E-state index in [4.69, 9.17) is 0 Å². The van der Waals surface area contributed by atoms with Crippen molar-refractivity contribution < 1.29 is 13.2 Å². The van der Waals surface area contributed by atoms with Crippen molar-refractivity contribution in [3.8, 4) is 0 Å². The summed E-state index contributed by atoms with van der Waals surface area (Å²) in [6.07, 6.45) is -3.03. The summed E-state index contributed by atoms with van der Waals surface area (Å²) in [7, 11) is 0. The third kappa shape index (κ3) is 2.82. The molecule has 102 valence electrons. The van der Waals surface area contributed by atoms with Crippen LogP contribution in [0, 0.1) is 5.92 Å². The van der Waals surface area contributed by atoms with E-state index >= 15 is 0 Å². The van der Waals surface area contributed by atoms with Crippen LogP contribution in [0.15, 0.2) is 0 Å². The highest BCUT2D eigenvalue weighted by Gasteiger charge is 2.42. The third-order valence-corrected chi connectivity index (χ3v) is 3.26. The molecule has 1 aromatic rings. The predicted molar refractivity (Wildman–Crippen MR) is 60.1 cm³/mol. The first kappa shape index (κ1) is 13.3. The largest absolute Gasteiger partial charge is 0.393 e. The molecule has 0 radical (unpaired) electrons. The Kier molecular flexibility index (Phi) is 3.89. The molecule has 0 aromatic carbocycles. The Bertz CT molecular complexity index is 399. The maximum Gasteiger partial charge on any atom is 0.393 e. The van der Waals surface area contributed by atoms with Crippen LogP contribution in [-0.2, 0) is 19.4 Å². The number of hydrogen-bond donors (Lipinski definition) is 1. The van der Waals surface area contributed by atoms with Crippen LogP contribution in [0.4, 0.5) is 13.2 Å². The minimum atomic E-state index is -4.12. The molecule has 0 aliphatic carbocycles. The molecular formula is C11H17F3N4. The summed E-state index contributed by atoms with van der Waals surface area (Å²) < 4.78 is 39.8. The quantitative estimate of drug-likeness (QED) is 0.837. The molecule has 0 fully saturated rings. The van der Waals surface area contributed by atoms with E-state index in [2.05, 4.69) is 15.5 Å². The average molecular weight is 262 g/mol. The summed E-state index contributed by atoms with van der Waals surface area (Å²) in [5, 5.41) is 11.1. The van der Waals surface area contributed by atoms with Crippen LogP contribution >= 0.6 is 0 Å². The van der Waals surface area contributed by atoms with Gasteiger partial charge in [-0.1, -0.05) is 6.92 Å². The number of nitrogens with one attached hydrogen (secondary N) is 1. The molecule has 7 heteroatoms. The van der Waals surface area contributed by atoms with E-state index in [1.165, 1.54) is 0 Å². The second kappa shape index (κ2) is 5.26. The molecule has 0 saturated carbocycles. The van der Waals surface area contributed by atoms with Gasteiger partial charge in [-0.3, -0.25) is 0 Å². The Hall–Kier alpha value is -1.11. The van der Waals surface area contributed by atoms with Crippen LogP contribution in [0.1, 0.15) is 25.0 Å². The van der Waals surface area contributed by atoms with Crippen LogP contribution in [0.2, 0.25) is 0 Å². The van der Waals surface area contributed by atoms with Crippen molar-refractivity contribution in [2.75, 3.05) is 13.1 Å². The van der Waals surface area contributed by atoms with Crippen molar-refractivity contribution in [2.45, 2.75) is 38.9 Å².